The number of benzene rings is 3. The predicted molar refractivity (Wildman–Crippen MR) is 176 cm³/mol. The van der Waals surface area contributed by atoms with Crippen LogP contribution >= 0.6 is 11.8 Å². The van der Waals surface area contributed by atoms with Crippen molar-refractivity contribution >= 4 is 54.8 Å². The Morgan fingerprint density at radius 1 is 1.00 bits per heavy atom. The van der Waals surface area contributed by atoms with E-state index in [9.17, 15) is 13.2 Å². The molecule has 224 valence electrons. The number of rotatable bonds is 8. The molecule has 3 N–H and O–H groups in total. The number of thioether (sulfide) groups is 1. The van der Waals surface area contributed by atoms with E-state index in [0.717, 1.165) is 22.4 Å². The third kappa shape index (κ3) is 12.2. The summed E-state index contributed by atoms with van der Waals surface area (Å²) in [7, 11) is -1.46. The van der Waals surface area contributed by atoms with Gasteiger partial charge in [-0.2, -0.15) is 5.10 Å². The van der Waals surface area contributed by atoms with Gasteiger partial charge in [-0.05, 0) is 54.8 Å². The highest BCUT2D eigenvalue weighted by Crippen LogP contribution is 2.25. The predicted octanol–water partition coefficient (Wildman–Crippen LogP) is 7.49. The summed E-state index contributed by atoms with van der Waals surface area (Å²) < 4.78 is 40.7. The molecule has 3 rings (SSSR count). The summed E-state index contributed by atoms with van der Waals surface area (Å²) >= 11 is 1.50. The molecule has 0 radical (unpaired) electrons. The number of hydrogen-bond acceptors (Lipinski definition) is 5. The summed E-state index contributed by atoms with van der Waals surface area (Å²) in [5, 5.41) is 5.03. The first-order valence-electron chi connectivity index (χ1n) is 13.2. The summed E-state index contributed by atoms with van der Waals surface area (Å²) in [6.07, 6.45) is -1.84. The molecule has 0 aliphatic carbocycles. The van der Waals surface area contributed by atoms with Crippen molar-refractivity contribution in [3.63, 3.8) is 0 Å². The fraction of sp³-hybridized carbons (Fsp3) is 0.226. The maximum atomic E-state index is 12.3. The van der Waals surface area contributed by atoms with Crippen molar-refractivity contribution in [1.29, 1.82) is 0 Å². The second-order valence-electron chi connectivity index (χ2n) is 10.3. The molecule has 7 nitrogen and oxygen atoms in total. The van der Waals surface area contributed by atoms with Gasteiger partial charge in [-0.15, -0.1) is 18.7 Å². The van der Waals surface area contributed by atoms with Crippen LogP contribution in [0.15, 0.2) is 86.8 Å². The van der Waals surface area contributed by atoms with Crippen molar-refractivity contribution in [1.82, 2.24) is 5.43 Å². The van der Waals surface area contributed by atoms with Gasteiger partial charge < -0.3 is 10.5 Å². The molecular weight excluding hydrogens is 590 g/mol. The molecule has 0 saturated carbocycles. The first kappa shape index (κ1) is 33.2. The summed E-state index contributed by atoms with van der Waals surface area (Å²) in [6.45, 7) is 10.7. The number of ether oxygens (including phenoxy) is 1. The Hall–Kier alpha value is -4.34. The summed E-state index contributed by atoms with van der Waals surface area (Å²) in [5.41, 5.74) is 17.4. The average Bonchev–Trinajstić information content (AvgIpc) is 2.92. The van der Waals surface area contributed by atoms with E-state index in [1.54, 1.807) is 18.3 Å². The van der Waals surface area contributed by atoms with E-state index in [-0.39, 0.29) is 11.6 Å². The number of nitrogens with zero attached hydrogens (tertiary/aromatic N) is 4. The highest BCUT2D eigenvalue weighted by atomic mass is 32.2. The minimum absolute atomic E-state index is 0.223. The van der Waals surface area contributed by atoms with Crippen molar-refractivity contribution in [3.8, 4) is 17.2 Å². The molecule has 0 fully saturated rings. The van der Waals surface area contributed by atoms with Crippen LogP contribution in [0.25, 0.3) is 0 Å². The monoisotopic (exact) mass is 622 g/mol. The van der Waals surface area contributed by atoms with Crippen LogP contribution in [0.2, 0.25) is 19.6 Å². The number of amidine groups is 2. The van der Waals surface area contributed by atoms with Crippen LogP contribution in [-0.4, -0.2) is 43.7 Å². The number of halogens is 3. The molecule has 0 atom stereocenters. The van der Waals surface area contributed by atoms with Gasteiger partial charge in [0.15, 0.2) is 5.17 Å². The van der Waals surface area contributed by atoms with E-state index in [0.29, 0.717) is 22.2 Å². The Morgan fingerprint density at radius 2 is 1.65 bits per heavy atom. The lowest BCUT2D eigenvalue weighted by molar-refractivity contribution is -0.274. The highest BCUT2D eigenvalue weighted by Gasteiger charge is 2.30. The lowest BCUT2D eigenvalue weighted by Gasteiger charge is -2.08. The van der Waals surface area contributed by atoms with Crippen LogP contribution in [0, 0.1) is 25.3 Å². The molecule has 0 saturated heterocycles. The van der Waals surface area contributed by atoms with Crippen molar-refractivity contribution in [2.75, 3.05) is 5.75 Å². The van der Waals surface area contributed by atoms with Gasteiger partial charge in [-0.3, -0.25) is 5.43 Å². The molecule has 3 aromatic carbocycles. The van der Waals surface area contributed by atoms with Crippen LogP contribution in [-0.2, 0) is 0 Å². The fourth-order valence-electron chi connectivity index (χ4n) is 3.45. The lowest BCUT2D eigenvalue weighted by Crippen LogP contribution is -2.17. The molecule has 0 bridgehead atoms. The van der Waals surface area contributed by atoms with Crippen LogP contribution in [0.1, 0.15) is 22.3 Å². The number of nitrogens with two attached hydrogens (primary N) is 1. The normalized spacial score (nSPS) is 12.8. The Bertz CT molecular complexity index is 1550. The molecule has 0 spiro atoms. The topological polar surface area (TPSA) is 96.7 Å². The molecular formula is C31H33F3N6OSSi. The standard InChI is InChI=1S/C31H33F3N6OSSi/c1-22-8-6-9-23(2)28(22)39-30(42-18-7-19-43(3,4)5)40-38-20-24-10-12-25(13-11-24)29(35)37-21-36-26-14-16-27(17-15-26)41-31(32,33)34/h6,8-17,20-21H,18H2,1-5H3,(H,39,40)(H2,35,36,37)/b38-20-. The molecule has 0 unspecified atom stereocenters. The molecule has 43 heavy (non-hydrogen) atoms. The number of hydrogen-bond donors (Lipinski definition) is 2. The first-order valence-corrected chi connectivity index (χ1v) is 17.7. The van der Waals surface area contributed by atoms with Crippen molar-refractivity contribution in [3.05, 3.63) is 89.0 Å². The summed E-state index contributed by atoms with van der Waals surface area (Å²) in [5.74, 6) is 3.75. The number of hydrazone groups is 1. The van der Waals surface area contributed by atoms with E-state index in [1.165, 1.54) is 42.4 Å². The van der Waals surface area contributed by atoms with E-state index in [2.05, 4.69) is 56.4 Å². The number of aryl methyl sites for hydroxylation is 2. The number of alkyl halides is 3. The quantitative estimate of drug-likeness (QED) is 0.0894. The second-order valence-corrected chi connectivity index (χ2v) is 16.0. The van der Waals surface area contributed by atoms with Crippen molar-refractivity contribution < 1.29 is 17.9 Å². The Morgan fingerprint density at radius 3 is 2.26 bits per heavy atom. The van der Waals surface area contributed by atoms with E-state index >= 15 is 0 Å². The highest BCUT2D eigenvalue weighted by molar-refractivity contribution is 8.14. The molecule has 3 aromatic rings. The SMILES string of the molecule is Cc1cccc(C)c1N=C(N/N=C\c1ccc(C(N)=NC=Nc2ccc(OC(F)(F)F)cc2)cc1)SCC#C[Si](C)(C)C. The Labute approximate surface area is 255 Å². The maximum Gasteiger partial charge on any atom is 0.573 e. The van der Waals surface area contributed by atoms with Gasteiger partial charge in [0.05, 0.1) is 23.3 Å². The molecule has 0 heterocycles. The molecule has 0 aliphatic heterocycles. The van der Waals surface area contributed by atoms with Crippen LogP contribution in [0.5, 0.6) is 5.75 Å². The second kappa shape index (κ2) is 15.2. The minimum Gasteiger partial charge on any atom is -0.406 e. The number of nitrogens with one attached hydrogen (secondary N) is 1. The van der Waals surface area contributed by atoms with Crippen molar-refractivity contribution in [2.45, 2.75) is 39.9 Å². The molecule has 0 aliphatic rings. The van der Waals surface area contributed by atoms with Crippen molar-refractivity contribution in [2.24, 2.45) is 25.8 Å². The zero-order chi connectivity index (χ0) is 31.5. The fourth-order valence-corrected chi connectivity index (χ4v) is 4.75. The molecule has 0 amide bonds. The third-order valence-corrected chi connectivity index (χ3v) is 7.12. The molecule has 0 aromatic heterocycles. The van der Waals surface area contributed by atoms with E-state index in [1.807, 2.05) is 44.2 Å². The maximum absolute atomic E-state index is 12.3. The first-order chi connectivity index (χ1) is 20.3. The van der Waals surface area contributed by atoms with Gasteiger partial charge >= 0.3 is 6.36 Å². The van der Waals surface area contributed by atoms with Gasteiger partial charge in [0.25, 0.3) is 0 Å². The Kier molecular flexibility index (Phi) is 11.7. The summed E-state index contributed by atoms with van der Waals surface area (Å²) in [6, 6.07) is 18.4. The van der Waals surface area contributed by atoms with Gasteiger partial charge in [-0.1, -0.05) is 79.8 Å². The van der Waals surface area contributed by atoms with Gasteiger partial charge in [0, 0.05) is 5.56 Å². The zero-order valence-electron chi connectivity index (χ0n) is 24.5. The van der Waals surface area contributed by atoms with Crippen LogP contribution in [0.3, 0.4) is 0 Å². The van der Waals surface area contributed by atoms with Crippen LogP contribution in [0.4, 0.5) is 24.5 Å². The van der Waals surface area contributed by atoms with Crippen LogP contribution < -0.4 is 15.9 Å². The van der Waals surface area contributed by atoms with Gasteiger partial charge in [-0.25, -0.2) is 15.0 Å². The average molecular weight is 623 g/mol. The van der Waals surface area contributed by atoms with Gasteiger partial charge in [0.1, 0.15) is 26.0 Å². The zero-order valence-corrected chi connectivity index (χ0v) is 26.3. The largest absolute Gasteiger partial charge is 0.573 e. The third-order valence-electron chi connectivity index (χ3n) is 5.45. The lowest BCUT2D eigenvalue weighted by atomic mass is 10.1. The smallest absolute Gasteiger partial charge is 0.406 e. The number of para-hydroxylation sites is 1. The molecule has 12 heteroatoms. The minimum atomic E-state index is -4.75. The number of aliphatic imine (C=N–C) groups is 3. The summed E-state index contributed by atoms with van der Waals surface area (Å²) in [4.78, 5) is 13.0. The Balaban J connectivity index is 1.65. The van der Waals surface area contributed by atoms with Gasteiger partial charge in [0.2, 0.25) is 0 Å². The van der Waals surface area contributed by atoms with E-state index < -0.39 is 14.4 Å². The van der Waals surface area contributed by atoms with E-state index in [4.69, 9.17) is 10.7 Å².